The normalized spacial score (nSPS) is 16.8. The number of nitrogens with zero attached hydrogens (tertiary/aromatic N) is 2. The van der Waals surface area contributed by atoms with Gasteiger partial charge >= 0.3 is 0 Å². The van der Waals surface area contributed by atoms with E-state index in [1.807, 2.05) is 16.8 Å². The van der Waals surface area contributed by atoms with Gasteiger partial charge in [-0.1, -0.05) is 0 Å². The molecule has 94 valence electrons. The van der Waals surface area contributed by atoms with Crippen LogP contribution in [0.4, 0.5) is 0 Å². The molecule has 1 saturated heterocycles. The average Bonchev–Trinajstić information content (AvgIpc) is 2.30. The molecule has 0 atom stereocenters. The Balaban J connectivity index is 2.09. The minimum absolute atomic E-state index is 0.183. The fraction of sp³-hybridized carbons (Fsp3) is 0.909. The minimum Gasteiger partial charge on any atom is -0.395 e. The van der Waals surface area contributed by atoms with Gasteiger partial charge in [0.1, 0.15) is 0 Å². The van der Waals surface area contributed by atoms with E-state index in [0.717, 1.165) is 39.1 Å². The maximum atomic E-state index is 11.8. The van der Waals surface area contributed by atoms with Crippen LogP contribution in [0.1, 0.15) is 12.8 Å². The van der Waals surface area contributed by atoms with Crippen LogP contribution in [0.3, 0.4) is 0 Å². The summed E-state index contributed by atoms with van der Waals surface area (Å²) in [6, 6.07) is 0. The number of carbonyl (C=O) groups excluding carboxylic acids is 1. The van der Waals surface area contributed by atoms with Gasteiger partial charge in [0.2, 0.25) is 5.91 Å². The van der Waals surface area contributed by atoms with E-state index in [2.05, 4.69) is 5.32 Å². The maximum Gasteiger partial charge on any atom is 0.222 e. The quantitative estimate of drug-likeness (QED) is 0.621. The molecular formula is C11H23N3O2. The van der Waals surface area contributed by atoms with Gasteiger partial charge in [-0.25, -0.2) is 0 Å². The Kier molecular flexibility index (Phi) is 6.37. The molecule has 0 bridgehead atoms. The molecule has 5 nitrogen and oxygen atoms in total. The Morgan fingerprint density at radius 2 is 2.06 bits per heavy atom. The summed E-state index contributed by atoms with van der Waals surface area (Å²) >= 11 is 0. The molecule has 0 aromatic rings. The minimum atomic E-state index is 0.183. The van der Waals surface area contributed by atoms with Crippen LogP contribution in [0.15, 0.2) is 0 Å². The number of hydrogen-bond acceptors (Lipinski definition) is 4. The fourth-order valence-corrected chi connectivity index (χ4v) is 1.86. The van der Waals surface area contributed by atoms with E-state index in [1.165, 1.54) is 0 Å². The van der Waals surface area contributed by atoms with Crippen molar-refractivity contribution >= 4 is 5.91 Å². The van der Waals surface area contributed by atoms with Crippen LogP contribution in [0.2, 0.25) is 0 Å². The van der Waals surface area contributed by atoms with E-state index in [0.29, 0.717) is 13.0 Å². The molecule has 1 amide bonds. The van der Waals surface area contributed by atoms with Crippen molar-refractivity contribution in [1.29, 1.82) is 0 Å². The highest BCUT2D eigenvalue weighted by molar-refractivity contribution is 5.76. The van der Waals surface area contributed by atoms with Crippen molar-refractivity contribution in [2.45, 2.75) is 12.8 Å². The lowest BCUT2D eigenvalue weighted by Gasteiger charge is -2.27. The first kappa shape index (κ1) is 13.4. The highest BCUT2D eigenvalue weighted by Crippen LogP contribution is 2.00. The third kappa shape index (κ3) is 4.92. The Hall–Kier alpha value is -0.650. The SMILES string of the molecule is CN(CCO)CCCC(=O)N1CCNCC1. The zero-order valence-corrected chi connectivity index (χ0v) is 10.1. The molecule has 0 radical (unpaired) electrons. The number of hydrogen-bond donors (Lipinski definition) is 2. The highest BCUT2D eigenvalue weighted by Gasteiger charge is 2.15. The molecule has 0 aromatic heterocycles. The van der Waals surface area contributed by atoms with Crippen LogP contribution in [0, 0.1) is 0 Å². The van der Waals surface area contributed by atoms with Crippen molar-refractivity contribution < 1.29 is 9.90 Å². The predicted molar refractivity (Wildman–Crippen MR) is 63.3 cm³/mol. The van der Waals surface area contributed by atoms with Gasteiger partial charge in [0.15, 0.2) is 0 Å². The van der Waals surface area contributed by atoms with Crippen molar-refractivity contribution in [2.24, 2.45) is 0 Å². The van der Waals surface area contributed by atoms with Crippen molar-refractivity contribution in [1.82, 2.24) is 15.1 Å². The number of amides is 1. The lowest BCUT2D eigenvalue weighted by Crippen LogP contribution is -2.46. The molecule has 16 heavy (non-hydrogen) atoms. The van der Waals surface area contributed by atoms with Crippen LogP contribution >= 0.6 is 0 Å². The fourth-order valence-electron chi connectivity index (χ4n) is 1.86. The van der Waals surface area contributed by atoms with Gasteiger partial charge in [-0.05, 0) is 20.0 Å². The van der Waals surface area contributed by atoms with E-state index in [4.69, 9.17) is 5.11 Å². The first-order valence-corrected chi connectivity index (χ1v) is 6.02. The van der Waals surface area contributed by atoms with Gasteiger partial charge in [-0.3, -0.25) is 4.79 Å². The monoisotopic (exact) mass is 229 g/mol. The Bertz CT molecular complexity index is 205. The predicted octanol–water partition coefficient (Wildman–Crippen LogP) is -0.877. The standard InChI is InChI=1S/C11H23N3O2/c1-13(9-10-15)6-2-3-11(16)14-7-4-12-5-8-14/h12,15H,2-10H2,1H3. The molecular weight excluding hydrogens is 206 g/mol. The smallest absolute Gasteiger partial charge is 0.222 e. The second-order valence-electron chi connectivity index (χ2n) is 4.26. The maximum absolute atomic E-state index is 11.8. The third-order valence-corrected chi connectivity index (χ3v) is 2.88. The summed E-state index contributed by atoms with van der Waals surface area (Å²) in [5.41, 5.74) is 0. The van der Waals surface area contributed by atoms with Crippen molar-refractivity contribution in [3.05, 3.63) is 0 Å². The summed E-state index contributed by atoms with van der Waals surface area (Å²) in [5, 5.41) is 12.0. The van der Waals surface area contributed by atoms with Crippen molar-refractivity contribution in [2.75, 3.05) is 52.9 Å². The van der Waals surface area contributed by atoms with Crippen LogP contribution in [-0.2, 0) is 4.79 Å². The van der Waals surface area contributed by atoms with Gasteiger partial charge in [-0.2, -0.15) is 0 Å². The number of nitrogens with one attached hydrogen (secondary N) is 1. The third-order valence-electron chi connectivity index (χ3n) is 2.88. The Labute approximate surface area is 97.4 Å². The molecule has 1 fully saturated rings. The second-order valence-corrected chi connectivity index (χ2v) is 4.26. The lowest BCUT2D eigenvalue weighted by atomic mass is 10.2. The molecule has 0 aliphatic carbocycles. The van der Waals surface area contributed by atoms with E-state index >= 15 is 0 Å². The topological polar surface area (TPSA) is 55.8 Å². The summed E-state index contributed by atoms with van der Waals surface area (Å²) < 4.78 is 0. The molecule has 1 aliphatic rings. The van der Waals surface area contributed by atoms with Crippen LogP contribution < -0.4 is 5.32 Å². The van der Waals surface area contributed by atoms with Crippen molar-refractivity contribution in [3.63, 3.8) is 0 Å². The molecule has 0 aromatic carbocycles. The highest BCUT2D eigenvalue weighted by atomic mass is 16.3. The number of likely N-dealkylation sites (N-methyl/N-ethyl adjacent to an activating group) is 1. The molecule has 0 saturated carbocycles. The molecule has 1 rings (SSSR count). The Morgan fingerprint density at radius 1 is 1.38 bits per heavy atom. The summed E-state index contributed by atoms with van der Waals surface area (Å²) in [4.78, 5) is 15.7. The van der Waals surface area contributed by atoms with E-state index in [-0.39, 0.29) is 12.5 Å². The second kappa shape index (κ2) is 7.60. The summed E-state index contributed by atoms with van der Waals surface area (Å²) in [5.74, 6) is 0.263. The van der Waals surface area contributed by atoms with E-state index < -0.39 is 0 Å². The van der Waals surface area contributed by atoms with Gasteiger partial charge in [0.25, 0.3) is 0 Å². The zero-order valence-electron chi connectivity index (χ0n) is 10.1. The van der Waals surface area contributed by atoms with Gasteiger partial charge < -0.3 is 20.2 Å². The van der Waals surface area contributed by atoms with Crippen LogP contribution in [0.25, 0.3) is 0 Å². The van der Waals surface area contributed by atoms with Crippen LogP contribution in [0.5, 0.6) is 0 Å². The molecule has 5 heteroatoms. The van der Waals surface area contributed by atoms with Crippen LogP contribution in [-0.4, -0.2) is 73.7 Å². The summed E-state index contributed by atoms with van der Waals surface area (Å²) in [7, 11) is 1.96. The van der Waals surface area contributed by atoms with E-state index in [1.54, 1.807) is 0 Å². The summed E-state index contributed by atoms with van der Waals surface area (Å²) in [6.45, 7) is 5.24. The van der Waals surface area contributed by atoms with Crippen molar-refractivity contribution in [3.8, 4) is 0 Å². The number of aliphatic hydroxyl groups excluding tert-OH is 1. The molecule has 1 heterocycles. The first-order valence-electron chi connectivity index (χ1n) is 6.02. The number of rotatable bonds is 6. The molecule has 1 aliphatic heterocycles. The lowest BCUT2D eigenvalue weighted by molar-refractivity contribution is -0.131. The molecule has 0 spiro atoms. The van der Waals surface area contributed by atoms with Gasteiger partial charge in [0, 0.05) is 39.1 Å². The van der Waals surface area contributed by atoms with Gasteiger partial charge in [0.05, 0.1) is 6.61 Å². The summed E-state index contributed by atoms with van der Waals surface area (Å²) in [6.07, 6.45) is 1.50. The Morgan fingerprint density at radius 3 is 2.69 bits per heavy atom. The molecule has 0 unspecified atom stereocenters. The van der Waals surface area contributed by atoms with E-state index in [9.17, 15) is 4.79 Å². The number of carbonyl (C=O) groups is 1. The number of piperazine rings is 1. The van der Waals surface area contributed by atoms with Gasteiger partial charge in [-0.15, -0.1) is 0 Å². The zero-order chi connectivity index (χ0) is 11.8. The first-order chi connectivity index (χ1) is 7.74. The number of aliphatic hydroxyl groups is 1. The largest absolute Gasteiger partial charge is 0.395 e. The average molecular weight is 229 g/mol. The molecule has 2 N–H and O–H groups in total.